The van der Waals surface area contributed by atoms with Gasteiger partial charge in [0.1, 0.15) is 0 Å². The number of benzene rings is 1. The van der Waals surface area contributed by atoms with Crippen LogP contribution in [0.2, 0.25) is 0 Å². The van der Waals surface area contributed by atoms with E-state index in [4.69, 9.17) is 0 Å². The minimum atomic E-state index is -5.77. The Bertz CT molecular complexity index is 633. The molecule has 1 aromatic rings. The predicted molar refractivity (Wildman–Crippen MR) is 67.9 cm³/mol. The summed E-state index contributed by atoms with van der Waals surface area (Å²) in [5.41, 5.74) is -0.378. The van der Waals surface area contributed by atoms with Crippen LogP contribution in [0.4, 0.5) is 45.2 Å². The Balaban J connectivity index is 0.000000488. The first kappa shape index (κ1) is 23.4. The van der Waals surface area contributed by atoms with Crippen molar-refractivity contribution >= 4 is 23.2 Å². The number of carbonyl (C=O) groups excluding carboxylic acids is 3. The van der Waals surface area contributed by atoms with Crippen LogP contribution in [-0.4, -0.2) is 29.8 Å². The summed E-state index contributed by atoms with van der Waals surface area (Å²) in [6.07, 6.45) is -15.9. The van der Waals surface area contributed by atoms with Crippen molar-refractivity contribution in [1.82, 2.24) is 0 Å². The largest absolute Gasteiger partial charge is 0.458 e. The molecule has 0 aliphatic heterocycles. The highest BCUT2D eigenvalue weighted by atomic mass is 19.4. The zero-order chi connectivity index (χ0) is 20.9. The van der Waals surface area contributed by atoms with E-state index in [0.29, 0.717) is 5.69 Å². The number of ketones is 2. The normalized spacial score (nSPS) is 11.9. The lowest BCUT2D eigenvalue weighted by Gasteiger charge is -2.07. The van der Waals surface area contributed by atoms with Gasteiger partial charge in [-0.3, -0.25) is 14.4 Å². The summed E-state index contributed by atoms with van der Waals surface area (Å²) in [6.45, 7) is 1.29. The number of rotatable bonds is 2. The summed E-state index contributed by atoms with van der Waals surface area (Å²) < 4.78 is 103. The summed E-state index contributed by atoms with van der Waals surface area (Å²) in [7, 11) is 0. The molecule has 26 heavy (non-hydrogen) atoms. The Hall–Kier alpha value is -2.60. The quantitative estimate of drug-likeness (QED) is 0.608. The fourth-order valence-corrected chi connectivity index (χ4v) is 1.20. The van der Waals surface area contributed by atoms with E-state index >= 15 is 0 Å². The molecule has 0 aliphatic rings. The average Bonchev–Trinajstić information content (AvgIpc) is 2.43. The molecule has 1 N–H and O–H groups in total. The molecule has 0 aromatic heterocycles. The maximum absolute atomic E-state index is 12.1. The van der Waals surface area contributed by atoms with E-state index in [0.717, 1.165) is 12.1 Å². The van der Waals surface area contributed by atoms with Crippen LogP contribution in [0, 0.1) is 0 Å². The number of amides is 1. The molecule has 0 unspecified atom stereocenters. The standard InChI is InChI=1S/C9H8F3NO.C4F6O2/c1-6(14)13-8-4-2-7(3-5-8)9(10,11)12;5-3(6,7)1(11)2(12)4(8,9)10/h2-5H,1H3,(H,13,14);. The van der Waals surface area contributed by atoms with E-state index in [1.54, 1.807) is 0 Å². The van der Waals surface area contributed by atoms with Crippen LogP contribution in [0.15, 0.2) is 24.3 Å². The van der Waals surface area contributed by atoms with Gasteiger partial charge in [0.25, 0.3) is 0 Å². The highest BCUT2D eigenvalue weighted by molar-refractivity contribution is 6.41. The monoisotopic (exact) mass is 397 g/mol. The molecule has 0 bridgehead atoms. The molecule has 0 heterocycles. The Morgan fingerprint density at radius 2 is 1.08 bits per heavy atom. The number of nitrogens with one attached hydrogen (secondary N) is 1. The number of Topliss-reactive ketones (excluding diaryl/α,β-unsaturated/α-hetero) is 2. The van der Waals surface area contributed by atoms with Gasteiger partial charge < -0.3 is 5.32 Å². The third-order valence-corrected chi connectivity index (χ3v) is 2.25. The molecule has 146 valence electrons. The van der Waals surface area contributed by atoms with E-state index < -0.39 is 35.7 Å². The van der Waals surface area contributed by atoms with Gasteiger partial charge in [0.2, 0.25) is 5.91 Å². The van der Waals surface area contributed by atoms with Gasteiger partial charge in [-0.15, -0.1) is 0 Å². The van der Waals surface area contributed by atoms with Crippen LogP contribution >= 0.6 is 0 Å². The smallest absolute Gasteiger partial charge is 0.326 e. The Kier molecular flexibility index (Phi) is 7.37. The first-order valence-electron chi connectivity index (χ1n) is 6.13. The van der Waals surface area contributed by atoms with Crippen molar-refractivity contribution in [1.29, 1.82) is 0 Å². The van der Waals surface area contributed by atoms with Crippen LogP contribution in [-0.2, 0) is 20.6 Å². The lowest BCUT2D eigenvalue weighted by atomic mass is 10.2. The molecular weight excluding hydrogens is 389 g/mol. The molecule has 13 heteroatoms. The molecule has 0 atom stereocenters. The number of halogens is 9. The van der Waals surface area contributed by atoms with Gasteiger partial charge in [-0.25, -0.2) is 0 Å². The van der Waals surface area contributed by atoms with E-state index in [-0.39, 0.29) is 5.91 Å². The highest BCUT2D eigenvalue weighted by Crippen LogP contribution is 2.29. The van der Waals surface area contributed by atoms with Gasteiger partial charge in [0.05, 0.1) is 5.56 Å². The number of hydrogen-bond acceptors (Lipinski definition) is 3. The van der Waals surface area contributed by atoms with Crippen LogP contribution in [0.1, 0.15) is 12.5 Å². The summed E-state index contributed by atoms with van der Waals surface area (Å²) in [5, 5.41) is 2.38. The molecule has 1 rings (SSSR count). The van der Waals surface area contributed by atoms with Crippen molar-refractivity contribution < 1.29 is 53.9 Å². The van der Waals surface area contributed by atoms with Crippen LogP contribution in [0.3, 0.4) is 0 Å². The van der Waals surface area contributed by atoms with Gasteiger partial charge in [0.15, 0.2) is 0 Å². The molecule has 1 aromatic carbocycles. The van der Waals surface area contributed by atoms with Crippen molar-refractivity contribution in [3.8, 4) is 0 Å². The summed E-state index contributed by atoms with van der Waals surface area (Å²) in [5.74, 6) is -7.13. The molecule has 0 saturated heterocycles. The minimum Gasteiger partial charge on any atom is -0.326 e. The van der Waals surface area contributed by atoms with Crippen molar-refractivity contribution in [3.63, 3.8) is 0 Å². The molecule has 0 spiro atoms. The van der Waals surface area contributed by atoms with Gasteiger partial charge in [0, 0.05) is 12.6 Å². The van der Waals surface area contributed by atoms with E-state index in [2.05, 4.69) is 5.32 Å². The zero-order valence-electron chi connectivity index (χ0n) is 12.4. The third-order valence-electron chi connectivity index (χ3n) is 2.25. The molecular formula is C13H8F9NO3. The Morgan fingerprint density at radius 1 is 0.731 bits per heavy atom. The third kappa shape index (κ3) is 7.98. The summed E-state index contributed by atoms with van der Waals surface area (Å²) >= 11 is 0. The second-order valence-electron chi connectivity index (χ2n) is 4.41. The minimum absolute atomic E-state index is 0.315. The van der Waals surface area contributed by atoms with Gasteiger partial charge >= 0.3 is 30.1 Å². The lowest BCUT2D eigenvalue weighted by Crippen LogP contribution is -2.39. The zero-order valence-corrected chi connectivity index (χ0v) is 12.4. The maximum Gasteiger partial charge on any atom is 0.458 e. The molecule has 0 aliphatic carbocycles. The fourth-order valence-electron chi connectivity index (χ4n) is 1.20. The van der Waals surface area contributed by atoms with Crippen LogP contribution < -0.4 is 5.32 Å². The number of hydrogen-bond donors (Lipinski definition) is 1. The topological polar surface area (TPSA) is 63.2 Å². The van der Waals surface area contributed by atoms with E-state index in [1.807, 2.05) is 0 Å². The second-order valence-corrected chi connectivity index (χ2v) is 4.41. The maximum atomic E-state index is 12.1. The van der Waals surface area contributed by atoms with E-state index in [1.165, 1.54) is 19.1 Å². The second kappa shape index (κ2) is 8.19. The van der Waals surface area contributed by atoms with E-state index in [9.17, 15) is 53.9 Å². The Morgan fingerprint density at radius 3 is 1.31 bits per heavy atom. The van der Waals surface area contributed by atoms with Crippen LogP contribution in [0.25, 0.3) is 0 Å². The van der Waals surface area contributed by atoms with Crippen molar-refractivity contribution in [2.24, 2.45) is 0 Å². The van der Waals surface area contributed by atoms with Gasteiger partial charge in [-0.2, -0.15) is 39.5 Å². The van der Waals surface area contributed by atoms with Crippen molar-refractivity contribution in [3.05, 3.63) is 29.8 Å². The molecule has 0 fully saturated rings. The Labute approximate surface area is 139 Å². The SMILES string of the molecule is CC(=O)Nc1ccc(C(F)(F)F)cc1.O=C(C(=O)C(F)(F)F)C(F)(F)F. The van der Waals surface area contributed by atoms with Crippen molar-refractivity contribution in [2.45, 2.75) is 25.5 Å². The van der Waals surface area contributed by atoms with Gasteiger partial charge in [-0.1, -0.05) is 0 Å². The number of alkyl halides is 9. The number of carbonyl (C=O) groups is 3. The van der Waals surface area contributed by atoms with Crippen LogP contribution in [0.5, 0.6) is 0 Å². The first-order chi connectivity index (χ1) is 11.5. The fraction of sp³-hybridized carbons (Fsp3) is 0.308. The average molecular weight is 397 g/mol. The number of anilines is 1. The summed E-state index contributed by atoms with van der Waals surface area (Å²) in [4.78, 5) is 29.8. The predicted octanol–water partition coefficient (Wildman–Crippen LogP) is 3.91. The van der Waals surface area contributed by atoms with Gasteiger partial charge in [-0.05, 0) is 24.3 Å². The van der Waals surface area contributed by atoms with Crippen molar-refractivity contribution in [2.75, 3.05) is 5.32 Å². The summed E-state index contributed by atoms with van der Waals surface area (Å²) in [6, 6.07) is 4.27. The molecule has 0 saturated carbocycles. The lowest BCUT2D eigenvalue weighted by molar-refractivity contribution is -0.193. The molecule has 1 amide bonds. The highest BCUT2D eigenvalue weighted by Gasteiger charge is 2.54. The molecule has 0 radical (unpaired) electrons. The molecule has 4 nitrogen and oxygen atoms in total. The first-order valence-corrected chi connectivity index (χ1v) is 6.13.